The van der Waals surface area contributed by atoms with E-state index in [1.165, 1.54) is 29.8 Å². The third-order valence-corrected chi connectivity index (χ3v) is 5.98. The number of nitrogens with one attached hydrogen (secondary N) is 3. The highest BCUT2D eigenvalue weighted by Gasteiger charge is 2.18. The molecule has 26 heavy (non-hydrogen) atoms. The zero-order valence-electron chi connectivity index (χ0n) is 14.1. The first-order valence-corrected chi connectivity index (χ1v) is 10.0. The van der Waals surface area contributed by atoms with Crippen molar-refractivity contribution in [1.82, 2.24) is 15.2 Å². The maximum atomic E-state index is 12.4. The van der Waals surface area contributed by atoms with Gasteiger partial charge in [-0.3, -0.25) is 10.2 Å². The van der Waals surface area contributed by atoms with E-state index in [0.717, 1.165) is 30.2 Å². The Morgan fingerprint density at radius 2 is 1.77 bits per heavy atom. The number of hydrazine groups is 1. The summed E-state index contributed by atoms with van der Waals surface area (Å²) < 4.78 is 24.4. The number of fused-ring (bicyclic) bond motifs is 3. The van der Waals surface area contributed by atoms with E-state index < -0.39 is 15.9 Å². The zero-order valence-corrected chi connectivity index (χ0v) is 14.9. The molecule has 1 amide bonds. The summed E-state index contributed by atoms with van der Waals surface area (Å²) in [5.74, 6) is -0.489. The van der Waals surface area contributed by atoms with Crippen molar-refractivity contribution in [3.8, 4) is 0 Å². The molecule has 7 heteroatoms. The molecule has 0 spiro atoms. The second-order valence-corrected chi connectivity index (χ2v) is 8.10. The Balaban J connectivity index is 1.55. The van der Waals surface area contributed by atoms with Crippen LogP contribution in [0.1, 0.15) is 34.5 Å². The molecule has 0 saturated carbocycles. The number of aryl methyl sites for hydroxylation is 2. The number of carbonyl (C=O) groups excluding carboxylic acids is 1. The molecular weight excluding hydrogens is 350 g/mol. The molecule has 4 rings (SSSR count). The Morgan fingerprint density at radius 1 is 1.00 bits per heavy atom. The average Bonchev–Trinajstić information content (AvgIpc) is 3.05. The summed E-state index contributed by atoms with van der Waals surface area (Å²) >= 11 is 0. The summed E-state index contributed by atoms with van der Waals surface area (Å²) in [5, 5.41) is 1.04. The molecule has 0 radical (unpaired) electrons. The molecule has 3 N–H and O–H groups in total. The fraction of sp³-hybridized carbons (Fsp3) is 0.211. The topological polar surface area (TPSA) is 91.1 Å². The van der Waals surface area contributed by atoms with Gasteiger partial charge in [-0.15, -0.1) is 4.83 Å². The first-order valence-electron chi connectivity index (χ1n) is 8.55. The van der Waals surface area contributed by atoms with Gasteiger partial charge in [-0.05, 0) is 61.6 Å². The third kappa shape index (κ3) is 3.11. The van der Waals surface area contributed by atoms with Crippen molar-refractivity contribution >= 4 is 26.8 Å². The summed E-state index contributed by atoms with van der Waals surface area (Å²) in [6.07, 6.45) is 4.35. The summed E-state index contributed by atoms with van der Waals surface area (Å²) in [6, 6.07) is 13.3. The van der Waals surface area contributed by atoms with Gasteiger partial charge in [-0.25, -0.2) is 8.42 Å². The monoisotopic (exact) mass is 369 g/mol. The number of sulfonamides is 1. The van der Waals surface area contributed by atoms with E-state index in [9.17, 15) is 13.2 Å². The lowest BCUT2D eigenvalue weighted by atomic mass is 9.95. The molecule has 0 saturated heterocycles. The minimum absolute atomic E-state index is 0.0930. The highest BCUT2D eigenvalue weighted by Crippen LogP contribution is 2.29. The van der Waals surface area contributed by atoms with Crippen LogP contribution < -0.4 is 10.3 Å². The molecule has 0 unspecified atom stereocenters. The quantitative estimate of drug-likeness (QED) is 0.618. The molecule has 0 aliphatic heterocycles. The fourth-order valence-corrected chi connectivity index (χ4v) is 4.25. The van der Waals surface area contributed by atoms with E-state index in [1.807, 2.05) is 12.1 Å². The number of amides is 1. The van der Waals surface area contributed by atoms with Crippen LogP contribution in [0.3, 0.4) is 0 Å². The number of hydrogen-bond donors (Lipinski definition) is 3. The van der Waals surface area contributed by atoms with E-state index >= 15 is 0 Å². The number of hydrogen-bond acceptors (Lipinski definition) is 3. The van der Waals surface area contributed by atoms with Gasteiger partial charge in [0.25, 0.3) is 15.9 Å². The zero-order chi connectivity index (χ0) is 18.1. The van der Waals surface area contributed by atoms with Crippen molar-refractivity contribution in [3.05, 3.63) is 65.4 Å². The maximum absolute atomic E-state index is 12.4. The predicted molar refractivity (Wildman–Crippen MR) is 99.2 cm³/mol. The van der Waals surface area contributed by atoms with Crippen molar-refractivity contribution in [2.24, 2.45) is 0 Å². The molecule has 0 fully saturated rings. The Kier molecular flexibility index (Phi) is 4.26. The van der Waals surface area contributed by atoms with E-state index in [-0.39, 0.29) is 4.90 Å². The van der Waals surface area contributed by atoms with Crippen LogP contribution in [0.4, 0.5) is 0 Å². The summed E-state index contributed by atoms with van der Waals surface area (Å²) in [5.41, 5.74) is 6.23. The van der Waals surface area contributed by atoms with Crippen molar-refractivity contribution in [2.75, 3.05) is 0 Å². The molecule has 1 aliphatic carbocycles. The molecule has 134 valence electrons. The van der Waals surface area contributed by atoms with Crippen LogP contribution in [0.2, 0.25) is 0 Å². The van der Waals surface area contributed by atoms with Crippen LogP contribution in [0.5, 0.6) is 0 Å². The van der Waals surface area contributed by atoms with Crippen LogP contribution >= 0.6 is 0 Å². The van der Waals surface area contributed by atoms with Crippen LogP contribution in [0.15, 0.2) is 53.4 Å². The Labute approximate surface area is 151 Å². The molecule has 0 bridgehead atoms. The predicted octanol–water partition coefficient (Wildman–Crippen LogP) is 2.67. The van der Waals surface area contributed by atoms with Gasteiger partial charge < -0.3 is 4.98 Å². The normalized spacial score (nSPS) is 14.2. The Hall–Kier alpha value is -2.64. The van der Waals surface area contributed by atoms with Gasteiger partial charge >= 0.3 is 0 Å². The van der Waals surface area contributed by atoms with Gasteiger partial charge in [-0.2, -0.15) is 0 Å². The minimum atomic E-state index is -3.80. The Morgan fingerprint density at radius 3 is 2.58 bits per heavy atom. The molecule has 1 aliphatic rings. The van der Waals surface area contributed by atoms with Gasteiger partial charge in [0.05, 0.1) is 4.90 Å². The van der Waals surface area contributed by atoms with Gasteiger partial charge in [-0.1, -0.05) is 18.2 Å². The largest absolute Gasteiger partial charge is 0.358 e. The lowest BCUT2D eigenvalue weighted by Crippen LogP contribution is -2.41. The first kappa shape index (κ1) is 16.8. The molecule has 1 aromatic heterocycles. The van der Waals surface area contributed by atoms with E-state index in [2.05, 4.69) is 15.2 Å². The fourth-order valence-electron chi connectivity index (χ4n) is 3.39. The van der Waals surface area contributed by atoms with E-state index in [0.29, 0.717) is 5.56 Å². The number of rotatable bonds is 4. The van der Waals surface area contributed by atoms with Gasteiger partial charge in [0.2, 0.25) is 0 Å². The summed E-state index contributed by atoms with van der Waals surface area (Å²) in [7, 11) is -3.80. The number of aromatic amines is 1. The van der Waals surface area contributed by atoms with Crippen LogP contribution in [0.25, 0.3) is 10.9 Å². The highest BCUT2D eigenvalue weighted by atomic mass is 32.2. The second-order valence-electron chi connectivity index (χ2n) is 6.42. The maximum Gasteiger partial charge on any atom is 0.266 e. The van der Waals surface area contributed by atoms with Crippen LogP contribution in [0, 0.1) is 0 Å². The highest BCUT2D eigenvalue weighted by molar-refractivity contribution is 7.89. The lowest BCUT2D eigenvalue weighted by Gasteiger charge is -2.11. The molecule has 6 nitrogen and oxygen atoms in total. The van der Waals surface area contributed by atoms with Gasteiger partial charge in [0.15, 0.2) is 0 Å². The number of H-pyrrole nitrogens is 1. The number of carbonyl (C=O) groups is 1. The summed E-state index contributed by atoms with van der Waals surface area (Å²) in [4.78, 5) is 18.1. The third-order valence-electron chi connectivity index (χ3n) is 4.71. The molecular formula is C19H19N3O3S. The van der Waals surface area contributed by atoms with Crippen LogP contribution in [-0.2, 0) is 22.9 Å². The second kappa shape index (κ2) is 6.59. The smallest absolute Gasteiger partial charge is 0.266 e. The molecule has 2 aromatic carbocycles. The first-order chi connectivity index (χ1) is 12.5. The van der Waals surface area contributed by atoms with E-state index in [1.54, 1.807) is 24.3 Å². The van der Waals surface area contributed by atoms with Crippen molar-refractivity contribution in [3.63, 3.8) is 0 Å². The van der Waals surface area contributed by atoms with Gasteiger partial charge in [0, 0.05) is 22.2 Å². The number of benzene rings is 2. The minimum Gasteiger partial charge on any atom is -0.358 e. The molecule has 0 atom stereocenters. The van der Waals surface area contributed by atoms with Crippen molar-refractivity contribution in [1.29, 1.82) is 0 Å². The molecule has 1 heterocycles. The van der Waals surface area contributed by atoms with Crippen molar-refractivity contribution in [2.45, 2.75) is 30.6 Å². The lowest BCUT2D eigenvalue weighted by molar-refractivity contribution is 0.0945. The van der Waals surface area contributed by atoms with Crippen molar-refractivity contribution < 1.29 is 13.2 Å². The average molecular weight is 369 g/mol. The van der Waals surface area contributed by atoms with E-state index in [4.69, 9.17) is 0 Å². The van der Waals surface area contributed by atoms with Crippen LogP contribution in [-0.4, -0.2) is 19.3 Å². The summed E-state index contributed by atoms with van der Waals surface area (Å²) in [6.45, 7) is 0. The number of aromatic nitrogens is 1. The SMILES string of the molecule is O=C(NNS(=O)(=O)c1ccccc1)c1ccc2[nH]c3c(c2c1)CCCC3. The van der Waals surface area contributed by atoms with Gasteiger partial charge in [0.1, 0.15) is 0 Å². The molecule has 3 aromatic rings. The Bertz CT molecular complexity index is 1070. The standard InChI is InChI=1S/C19H19N3O3S/c23-19(21-22-26(24,25)14-6-2-1-3-7-14)13-10-11-18-16(12-13)15-8-4-5-9-17(15)20-18/h1-3,6-7,10-12,20,22H,4-5,8-9H2,(H,21,23).